The molecule has 7 nitrogen and oxygen atoms in total. The van der Waals surface area contributed by atoms with Gasteiger partial charge in [0.25, 0.3) is 5.91 Å². The van der Waals surface area contributed by atoms with E-state index in [0.29, 0.717) is 56.5 Å². The number of morpholine rings is 1. The first-order valence-electron chi connectivity index (χ1n) is 9.28. The molecule has 1 aromatic heterocycles. The lowest BCUT2D eigenvalue weighted by Gasteiger charge is -2.38. The van der Waals surface area contributed by atoms with Gasteiger partial charge in [0.15, 0.2) is 0 Å². The zero-order valence-electron chi connectivity index (χ0n) is 15.0. The summed E-state index contributed by atoms with van der Waals surface area (Å²) in [6.07, 6.45) is -1.39. The van der Waals surface area contributed by atoms with Crippen molar-refractivity contribution in [2.45, 2.75) is 24.7 Å². The van der Waals surface area contributed by atoms with Gasteiger partial charge in [-0.3, -0.25) is 9.69 Å². The maximum Gasteiger partial charge on any atom is 0.270 e. The van der Waals surface area contributed by atoms with Crippen LogP contribution in [0.5, 0.6) is 0 Å². The molecule has 2 aromatic rings. The van der Waals surface area contributed by atoms with E-state index >= 15 is 0 Å². The van der Waals surface area contributed by atoms with Crippen LogP contribution in [0, 0.1) is 0 Å². The number of hydrogen-bond acceptors (Lipinski definition) is 5. The number of nitrogens with zero attached hydrogens (tertiary/aromatic N) is 2. The highest BCUT2D eigenvalue weighted by Crippen LogP contribution is 2.23. The molecule has 27 heavy (non-hydrogen) atoms. The third kappa shape index (κ3) is 3.83. The number of amides is 1. The van der Waals surface area contributed by atoms with Gasteiger partial charge in [0, 0.05) is 42.1 Å². The van der Waals surface area contributed by atoms with Crippen LogP contribution >= 0.6 is 11.6 Å². The SMILES string of the molecule is O=C(c1cc2cc(Cl)ccc2[nH]1)N1CC[C@@H](O)[C@@H](O)[C@H](N2CCOCC2)C1. The second-order valence-corrected chi connectivity index (χ2v) is 7.66. The molecule has 0 radical (unpaired) electrons. The fraction of sp³-hybridized carbons (Fsp3) is 0.526. The molecule has 0 saturated carbocycles. The summed E-state index contributed by atoms with van der Waals surface area (Å²) in [5, 5.41) is 22.4. The molecule has 0 aliphatic carbocycles. The maximum absolute atomic E-state index is 13.1. The van der Waals surface area contributed by atoms with Crippen LogP contribution in [0.1, 0.15) is 16.9 Å². The molecule has 3 N–H and O–H groups in total. The Bertz CT molecular complexity index is 820. The Kier molecular flexibility index (Phi) is 5.39. The fourth-order valence-corrected chi connectivity index (χ4v) is 4.14. The van der Waals surface area contributed by atoms with E-state index in [2.05, 4.69) is 9.88 Å². The smallest absolute Gasteiger partial charge is 0.270 e. The minimum absolute atomic E-state index is 0.137. The van der Waals surface area contributed by atoms with E-state index in [1.165, 1.54) is 0 Å². The van der Waals surface area contributed by atoms with E-state index < -0.39 is 12.2 Å². The highest BCUT2D eigenvalue weighted by Gasteiger charge is 2.37. The number of H-pyrrole nitrogens is 1. The molecule has 146 valence electrons. The zero-order chi connectivity index (χ0) is 19.0. The third-order valence-electron chi connectivity index (χ3n) is 5.51. The summed E-state index contributed by atoms with van der Waals surface area (Å²) in [6.45, 7) is 3.32. The molecule has 3 heterocycles. The summed E-state index contributed by atoms with van der Waals surface area (Å²) in [5.41, 5.74) is 1.33. The van der Waals surface area contributed by atoms with Gasteiger partial charge < -0.3 is 24.8 Å². The minimum Gasteiger partial charge on any atom is -0.390 e. The van der Waals surface area contributed by atoms with E-state index in [4.69, 9.17) is 16.3 Å². The number of fused-ring (bicyclic) bond motifs is 1. The first kappa shape index (κ1) is 18.7. The van der Waals surface area contributed by atoms with Crippen LogP contribution in [-0.2, 0) is 4.74 Å². The summed E-state index contributed by atoms with van der Waals surface area (Å²) in [7, 11) is 0. The minimum atomic E-state index is -0.887. The predicted octanol–water partition coefficient (Wildman–Crippen LogP) is 1.09. The monoisotopic (exact) mass is 393 g/mol. The van der Waals surface area contributed by atoms with E-state index in [9.17, 15) is 15.0 Å². The summed E-state index contributed by atoms with van der Waals surface area (Å²) in [6, 6.07) is 6.93. The van der Waals surface area contributed by atoms with Gasteiger partial charge in [-0.1, -0.05) is 11.6 Å². The largest absolute Gasteiger partial charge is 0.390 e. The van der Waals surface area contributed by atoms with Crippen LogP contribution in [0.4, 0.5) is 0 Å². The average molecular weight is 394 g/mol. The van der Waals surface area contributed by atoms with Gasteiger partial charge in [0.2, 0.25) is 0 Å². The number of likely N-dealkylation sites (tertiary alicyclic amines) is 1. The lowest BCUT2D eigenvalue weighted by Crippen LogP contribution is -2.55. The molecule has 2 fully saturated rings. The van der Waals surface area contributed by atoms with E-state index in [-0.39, 0.29) is 11.9 Å². The Hall–Kier alpha value is -1.64. The Morgan fingerprint density at radius 2 is 1.96 bits per heavy atom. The molecule has 0 unspecified atom stereocenters. The van der Waals surface area contributed by atoms with Gasteiger partial charge >= 0.3 is 0 Å². The number of hydrogen-bond donors (Lipinski definition) is 3. The van der Waals surface area contributed by atoms with Crippen molar-refractivity contribution in [2.24, 2.45) is 0 Å². The molecular weight excluding hydrogens is 370 g/mol. The molecule has 1 aromatic carbocycles. The second kappa shape index (κ2) is 7.77. The van der Waals surface area contributed by atoms with Crippen LogP contribution in [0.3, 0.4) is 0 Å². The Morgan fingerprint density at radius 3 is 2.74 bits per heavy atom. The van der Waals surface area contributed by atoms with Gasteiger partial charge in [0.1, 0.15) is 5.69 Å². The fourth-order valence-electron chi connectivity index (χ4n) is 3.95. The summed E-state index contributed by atoms with van der Waals surface area (Å²) in [4.78, 5) is 20.1. The van der Waals surface area contributed by atoms with E-state index in [1.54, 1.807) is 17.0 Å². The third-order valence-corrected chi connectivity index (χ3v) is 5.74. The van der Waals surface area contributed by atoms with Gasteiger partial charge in [-0.25, -0.2) is 0 Å². The molecule has 0 spiro atoms. The number of aliphatic hydroxyl groups excluding tert-OH is 2. The van der Waals surface area contributed by atoms with Crippen molar-refractivity contribution in [3.05, 3.63) is 35.0 Å². The zero-order valence-corrected chi connectivity index (χ0v) is 15.7. The lowest BCUT2D eigenvalue weighted by molar-refractivity contribution is -0.0609. The molecule has 0 bridgehead atoms. The lowest BCUT2D eigenvalue weighted by atomic mass is 10.0. The van der Waals surface area contributed by atoms with Crippen LogP contribution in [0.15, 0.2) is 24.3 Å². The van der Waals surface area contributed by atoms with Gasteiger partial charge in [0.05, 0.1) is 31.5 Å². The van der Waals surface area contributed by atoms with Crippen LogP contribution in [-0.4, -0.2) is 88.5 Å². The standard InChI is InChI=1S/C19H24ClN3O4/c20-13-1-2-14-12(9-13)10-15(21-14)19(26)23-4-3-17(24)18(25)16(11-23)22-5-7-27-8-6-22/h1-2,9-10,16-18,21,24-25H,3-8,11H2/t16-,17-,18+/m1/s1. The van der Waals surface area contributed by atoms with Crippen LogP contribution in [0.25, 0.3) is 10.9 Å². The molecular formula is C19H24ClN3O4. The molecule has 8 heteroatoms. The first-order valence-corrected chi connectivity index (χ1v) is 9.66. The number of ether oxygens (including phenoxy) is 1. The van der Waals surface area contributed by atoms with Crippen molar-refractivity contribution in [3.63, 3.8) is 0 Å². The Labute approximate surface area is 162 Å². The number of benzene rings is 1. The van der Waals surface area contributed by atoms with Crippen molar-refractivity contribution < 1.29 is 19.7 Å². The molecule has 2 aliphatic rings. The summed E-state index contributed by atoms with van der Waals surface area (Å²) in [5.74, 6) is -0.137. The molecule has 1 amide bonds. The number of aromatic amines is 1. The normalized spacial score (nSPS) is 27.7. The first-order chi connectivity index (χ1) is 13.0. The maximum atomic E-state index is 13.1. The summed E-state index contributed by atoms with van der Waals surface area (Å²) < 4.78 is 5.39. The number of nitrogens with one attached hydrogen (secondary N) is 1. The van der Waals surface area contributed by atoms with Crippen molar-refractivity contribution in [1.82, 2.24) is 14.8 Å². The van der Waals surface area contributed by atoms with Gasteiger partial charge in [-0.15, -0.1) is 0 Å². The van der Waals surface area contributed by atoms with Crippen molar-refractivity contribution in [2.75, 3.05) is 39.4 Å². The van der Waals surface area contributed by atoms with Crippen molar-refractivity contribution in [3.8, 4) is 0 Å². The second-order valence-electron chi connectivity index (χ2n) is 7.23. The highest BCUT2D eigenvalue weighted by atomic mass is 35.5. The molecule has 3 atom stereocenters. The Balaban J connectivity index is 1.57. The van der Waals surface area contributed by atoms with E-state index in [1.807, 2.05) is 12.1 Å². The number of aromatic nitrogens is 1. The van der Waals surface area contributed by atoms with E-state index in [0.717, 1.165) is 10.9 Å². The molecule has 2 aliphatic heterocycles. The van der Waals surface area contributed by atoms with Crippen LogP contribution in [0.2, 0.25) is 5.02 Å². The number of rotatable bonds is 2. The highest BCUT2D eigenvalue weighted by molar-refractivity contribution is 6.31. The van der Waals surface area contributed by atoms with Gasteiger partial charge in [-0.05, 0) is 30.7 Å². The predicted molar refractivity (Wildman–Crippen MR) is 102 cm³/mol. The molecule has 4 rings (SSSR count). The quantitative estimate of drug-likeness (QED) is 0.710. The molecule has 2 saturated heterocycles. The topological polar surface area (TPSA) is 89.0 Å². The summed E-state index contributed by atoms with van der Waals surface area (Å²) >= 11 is 6.03. The average Bonchev–Trinajstić information content (AvgIpc) is 3.04. The number of carbonyl (C=O) groups excluding carboxylic acids is 1. The number of halogens is 1. The van der Waals surface area contributed by atoms with Crippen molar-refractivity contribution in [1.29, 1.82) is 0 Å². The van der Waals surface area contributed by atoms with Crippen LogP contribution < -0.4 is 0 Å². The van der Waals surface area contributed by atoms with Gasteiger partial charge in [-0.2, -0.15) is 0 Å². The Morgan fingerprint density at radius 1 is 1.19 bits per heavy atom. The van der Waals surface area contributed by atoms with Crippen molar-refractivity contribution >= 4 is 28.4 Å². The number of aliphatic hydroxyl groups is 2. The number of carbonyl (C=O) groups is 1.